The molecule has 5 rings (SSSR count). The lowest BCUT2D eigenvalue weighted by molar-refractivity contribution is -0.129. The quantitative estimate of drug-likeness (QED) is 0.373. The predicted molar refractivity (Wildman–Crippen MR) is 144 cm³/mol. The maximum atomic E-state index is 13.0. The van der Waals surface area contributed by atoms with Gasteiger partial charge >= 0.3 is 6.61 Å². The lowest BCUT2D eigenvalue weighted by atomic mass is 10.1. The molecule has 1 aliphatic rings. The molecule has 3 heterocycles. The number of ether oxygens (including phenoxy) is 1. The van der Waals surface area contributed by atoms with Gasteiger partial charge < -0.3 is 14.5 Å². The van der Waals surface area contributed by atoms with E-state index in [2.05, 4.69) is 14.9 Å². The van der Waals surface area contributed by atoms with Crippen LogP contribution in [0.2, 0.25) is 0 Å². The Balaban J connectivity index is 1.46. The molecule has 1 unspecified atom stereocenters. The largest absolute Gasteiger partial charge is 0.434 e. The number of fused-ring (bicyclic) bond motifs is 1. The average molecular weight is 537 g/mol. The maximum absolute atomic E-state index is 13.0. The zero-order chi connectivity index (χ0) is 27.8. The highest BCUT2D eigenvalue weighted by atomic mass is 19.3. The van der Waals surface area contributed by atoms with Crippen LogP contribution in [0.25, 0.3) is 22.0 Å². The van der Waals surface area contributed by atoms with E-state index in [1.165, 1.54) is 10.7 Å². The van der Waals surface area contributed by atoms with Gasteiger partial charge in [-0.1, -0.05) is 23.8 Å². The summed E-state index contributed by atoms with van der Waals surface area (Å²) in [5.74, 6) is 0.731. The molecule has 11 heteroatoms. The number of alkyl halides is 2. The SMILES string of the molecule is CC(=O)N1CCN(c2ncc(-c3ccc4c(=O)n(C)n(Cc5cc(C)ccc5OC(F)F)c4c3)cn2)C(C)C1. The number of carbonyl (C=O) groups excluding carboxylic acids is 1. The van der Waals surface area contributed by atoms with Gasteiger partial charge in [-0.25, -0.2) is 9.97 Å². The van der Waals surface area contributed by atoms with Gasteiger partial charge in [-0.15, -0.1) is 0 Å². The zero-order valence-corrected chi connectivity index (χ0v) is 22.3. The molecule has 0 N–H and O–H groups in total. The fraction of sp³-hybridized carbons (Fsp3) is 0.357. The van der Waals surface area contributed by atoms with E-state index in [0.717, 1.165) is 16.7 Å². The maximum Gasteiger partial charge on any atom is 0.387 e. The van der Waals surface area contributed by atoms with Crippen molar-refractivity contribution >= 4 is 22.8 Å². The van der Waals surface area contributed by atoms with Crippen LogP contribution in [0.15, 0.2) is 53.6 Å². The molecule has 1 amide bonds. The fourth-order valence-corrected chi connectivity index (χ4v) is 5.11. The van der Waals surface area contributed by atoms with Crippen molar-refractivity contribution < 1.29 is 18.3 Å². The van der Waals surface area contributed by atoms with Crippen molar-refractivity contribution in [1.29, 1.82) is 0 Å². The molecule has 1 saturated heterocycles. The van der Waals surface area contributed by atoms with Crippen molar-refractivity contribution in [2.75, 3.05) is 24.5 Å². The molecule has 0 saturated carbocycles. The molecule has 0 spiro atoms. The van der Waals surface area contributed by atoms with Gasteiger partial charge in [0.25, 0.3) is 5.56 Å². The molecule has 0 radical (unpaired) electrons. The Labute approximate surface area is 224 Å². The lowest BCUT2D eigenvalue weighted by Gasteiger charge is -2.39. The topological polar surface area (TPSA) is 85.5 Å². The third-order valence-electron chi connectivity index (χ3n) is 7.22. The summed E-state index contributed by atoms with van der Waals surface area (Å²) in [7, 11) is 1.65. The number of carbonyl (C=O) groups is 1. The predicted octanol–water partition coefficient (Wildman–Crippen LogP) is 3.81. The highest BCUT2D eigenvalue weighted by molar-refractivity contribution is 5.84. The summed E-state index contributed by atoms with van der Waals surface area (Å²) in [4.78, 5) is 37.8. The Morgan fingerprint density at radius 1 is 1.10 bits per heavy atom. The highest BCUT2D eigenvalue weighted by Crippen LogP contribution is 2.27. The number of rotatable bonds is 6. The Bertz CT molecular complexity index is 1580. The molecule has 2 aromatic heterocycles. The first kappa shape index (κ1) is 26.3. The minimum atomic E-state index is -2.95. The number of halogens is 2. The summed E-state index contributed by atoms with van der Waals surface area (Å²) in [6, 6.07) is 10.6. The molecule has 39 heavy (non-hydrogen) atoms. The number of benzene rings is 2. The van der Waals surface area contributed by atoms with Crippen molar-refractivity contribution in [3.8, 4) is 16.9 Å². The number of nitrogens with zero attached hydrogens (tertiary/aromatic N) is 6. The average Bonchev–Trinajstić information content (AvgIpc) is 3.14. The van der Waals surface area contributed by atoms with Gasteiger partial charge in [0, 0.05) is 63.2 Å². The van der Waals surface area contributed by atoms with Crippen LogP contribution in [0.1, 0.15) is 25.0 Å². The number of aromatic nitrogens is 4. The molecule has 0 bridgehead atoms. The molecule has 4 aromatic rings. The second kappa shape index (κ2) is 10.5. The van der Waals surface area contributed by atoms with E-state index in [-0.39, 0.29) is 29.8 Å². The summed E-state index contributed by atoms with van der Waals surface area (Å²) in [5, 5.41) is 0.514. The zero-order valence-electron chi connectivity index (χ0n) is 22.3. The molecule has 2 aromatic carbocycles. The molecule has 0 aliphatic carbocycles. The molecule has 1 fully saturated rings. The van der Waals surface area contributed by atoms with E-state index in [4.69, 9.17) is 4.74 Å². The van der Waals surface area contributed by atoms with Gasteiger partial charge in [-0.05, 0) is 37.6 Å². The van der Waals surface area contributed by atoms with Crippen LogP contribution in [0.5, 0.6) is 5.75 Å². The van der Waals surface area contributed by atoms with E-state index in [1.807, 2.05) is 30.9 Å². The lowest BCUT2D eigenvalue weighted by Crippen LogP contribution is -2.53. The van der Waals surface area contributed by atoms with E-state index >= 15 is 0 Å². The van der Waals surface area contributed by atoms with Crippen LogP contribution >= 0.6 is 0 Å². The Kier molecular flexibility index (Phi) is 7.07. The first-order chi connectivity index (χ1) is 18.6. The van der Waals surface area contributed by atoms with Crippen molar-refractivity contribution in [2.45, 2.75) is 40.0 Å². The number of aryl methyl sites for hydroxylation is 1. The van der Waals surface area contributed by atoms with Crippen molar-refractivity contribution in [2.24, 2.45) is 7.05 Å². The van der Waals surface area contributed by atoms with Crippen molar-refractivity contribution in [3.63, 3.8) is 0 Å². The highest BCUT2D eigenvalue weighted by Gasteiger charge is 2.26. The third kappa shape index (κ3) is 5.21. The number of amides is 1. The second-order valence-electron chi connectivity index (χ2n) is 9.89. The van der Waals surface area contributed by atoms with Gasteiger partial charge in [0.2, 0.25) is 11.9 Å². The van der Waals surface area contributed by atoms with Crippen LogP contribution in [0.3, 0.4) is 0 Å². The van der Waals surface area contributed by atoms with Gasteiger partial charge in [0.1, 0.15) is 5.75 Å². The van der Waals surface area contributed by atoms with Crippen LogP contribution in [-0.2, 0) is 18.4 Å². The fourth-order valence-electron chi connectivity index (χ4n) is 5.11. The van der Waals surface area contributed by atoms with E-state index in [9.17, 15) is 18.4 Å². The molecule has 9 nitrogen and oxygen atoms in total. The van der Waals surface area contributed by atoms with Gasteiger partial charge in [0.05, 0.1) is 17.4 Å². The number of piperazine rings is 1. The minimum Gasteiger partial charge on any atom is -0.434 e. The standard InChI is InChI=1S/C28H30F2N6O3/c1-17-5-8-25(39-27(29)30)21(11-17)16-36-24-12-20(6-7-23(24)26(38)33(36)4)22-13-31-28(32-14-22)35-10-9-34(19(3)37)15-18(35)2/h5-8,11-14,18,27H,9-10,15-16H2,1-4H3. The van der Waals surface area contributed by atoms with E-state index in [1.54, 1.807) is 49.2 Å². The van der Waals surface area contributed by atoms with Crippen molar-refractivity contribution in [1.82, 2.24) is 24.2 Å². The summed E-state index contributed by atoms with van der Waals surface area (Å²) in [6.45, 7) is 4.60. The minimum absolute atomic E-state index is 0.0627. The molecule has 204 valence electrons. The summed E-state index contributed by atoms with van der Waals surface area (Å²) < 4.78 is 34.0. The van der Waals surface area contributed by atoms with E-state index < -0.39 is 6.61 Å². The summed E-state index contributed by atoms with van der Waals surface area (Å²) in [5.41, 5.74) is 3.49. The van der Waals surface area contributed by atoms with Gasteiger partial charge in [-0.2, -0.15) is 8.78 Å². The molecular weight excluding hydrogens is 506 g/mol. The number of anilines is 1. The Morgan fingerprint density at radius 3 is 2.51 bits per heavy atom. The first-order valence-electron chi connectivity index (χ1n) is 12.7. The summed E-state index contributed by atoms with van der Waals surface area (Å²) in [6.07, 6.45) is 3.49. The smallest absolute Gasteiger partial charge is 0.387 e. The van der Waals surface area contributed by atoms with Crippen LogP contribution in [-0.4, -0.2) is 62.4 Å². The van der Waals surface area contributed by atoms with Crippen LogP contribution < -0.4 is 15.2 Å². The molecule has 1 atom stereocenters. The summed E-state index contributed by atoms with van der Waals surface area (Å²) >= 11 is 0. The Morgan fingerprint density at radius 2 is 1.85 bits per heavy atom. The third-order valence-corrected chi connectivity index (χ3v) is 7.22. The molecular formula is C28H30F2N6O3. The number of hydrogen-bond donors (Lipinski definition) is 0. The van der Waals surface area contributed by atoms with E-state index in [0.29, 0.717) is 42.0 Å². The second-order valence-corrected chi connectivity index (χ2v) is 9.89. The Hall–Kier alpha value is -4.28. The van der Waals surface area contributed by atoms with Crippen LogP contribution in [0, 0.1) is 6.92 Å². The van der Waals surface area contributed by atoms with Gasteiger partial charge in [0.15, 0.2) is 0 Å². The first-order valence-corrected chi connectivity index (χ1v) is 12.7. The van der Waals surface area contributed by atoms with Crippen LogP contribution in [0.4, 0.5) is 14.7 Å². The normalized spacial score (nSPS) is 15.8. The van der Waals surface area contributed by atoms with Gasteiger partial charge in [-0.3, -0.25) is 19.0 Å². The van der Waals surface area contributed by atoms with Crippen molar-refractivity contribution in [3.05, 3.63) is 70.3 Å². The number of hydrogen-bond acceptors (Lipinski definition) is 6. The monoisotopic (exact) mass is 536 g/mol. The molecule has 1 aliphatic heterocycles.